The highest BCUT2D eigenvalue weighted by molar-refractivity contribution is 9.10. The van der Waals surface area contributed by atoms with Gasteiger partial charge in [-0.15, -0.1) is 0 Å². The first-order chi connectivity index (χ1) is 8.99. The zero-order valence-electron chi connectivity index (χ0n) is 11.7. The van der Waals surface area contributed by atoms with Gasteiger partial charge in [-0.3, -0.25) is 0 Å². The number of hydrogen-bond donors (Lipinski definition) is 1. The number of fused-ring (bicyclic) bond motifs is 1. The Morgan fingerprint density at radius 1 is 1.42 bits per heavy atom. The largest absolute Gasteiger partial charge is 0.493 e. The van der Waals surface area contributed by atoms with Gasteiger partial charge in [0.1, 0.15) is 5.75 Å². The van der Waals surface area contributed by atoms with Gasteiger partial charge in [0.05, 0.1) is 6.61 Å². The number of nitrogens with two attached hydrogens (primary N) is 1. The van der Waals surface area contributed by atoms with Crippen molar-refractivity contribution < 1.29 is 4.74 Å². The maximum Gasteiger partial charge on any atom is 0.127 e. The smallest absolute Gasteiger partial charge is 0.127 e. The molecule has 0 amide bonds. The van der Waals surface area contributed by atoms with Gasteiger partial charge in [0.25, 0.3) is 0 Å². The predicted molar refractivity (Wildman–Crippen MR) is 81.4 cm³/mol. The van der Waals surface area contributed by atoms with Crippen LogP contribution in [0.1, 0.15) is 50.3 Å². The maximum atomic E-state index is 6.62. The number of rotatable bonds is 2. The van der Waals surface area contributed by atoms with Crippen molar-refractivity contribution in [3.63, 3.8) is 0 Å². The lowest BCUT2D eigenvalue weighted by atomic mass is 9.75. The van der Waals surface area contributed by atoms with Crippen LogP contribution in [-0.4, -0.2) is 6.61 Å². The molecule has 3 heteroatoms. The Balaban J connectivity index is 1.98. The fourth-order valence-corrected chi connectivity index (χ4v) is 4.30. The van der Waals surface area contributed by atoms with Crippen LogP contribution >= 0.6 is 15.9 Å². The van der Waals surface area contributed by atoms with E-state index in [0.29, 0.717) is 11.3 Å². The summed E-state index contributed by atoms with van der Waals surface area (Å²) in [5, 5.41) is 0. The molecule has 1 aliphatic carbocycles. The lowest BCUT2D eigenvalue weighted by molar-refractivity contribution is 0.219. The summed E-state index contributed by atoms with van der Waals surface area (Å²) >= 11 is 3.61. The maximum absolute atomic E-state index is 6.62. The summed E-state index contributed by atoms with van der Waals surface area (Å²) in [6.45, 7) is 5.49. The molecule has 0 bridgehead atoms. The van der Waals surface area contributed by atoms with E-state index in [4.69, 9.17) is 10.5 Å². The van der Waals surface area contributed by atoms with Gasteiger partial charge in [-0.1, -0.05) is 36.2 Å². The van der Waals surface area contributed by atoms with E-state index in [0.717, 1.165) is 23.2 Å². The summed E-state index contributed by atoms with van der Waals surface area (Å²) in [5.41, 5.74) is 9.46. The van der Waals surface area contributed by atoms with E-state index < -0.39 is 0 Å². The van der Waals surface area contributed by atoms with E-state index in [1.165, 1.54) is 30.4 Å². The van der Waals surface area contributed by atoms with Crippen LogP contribution in [0, 0.1) is 11.3 Å². The molecule has 0 aromatic heterocycles. The molecular formula is C16H22BrNO. The van der Waals surface area contributed by atoms with Crippen molar-refractivity contribution in [2.45, 2.75) is 45.6 Å². The van der Waals surface area contributed by atoms with Crippen molar-refractivity contribution in [1.82, 2.24) is 0 Å². The molecular weight excluding hydrogens is 302 g/mol. The Morgan fingerprint density at radius 2 is 2.21 bits per heavy atom. The lowest BCUT2D eigenvalue weighted by Crippen LogP contribution is -2.29. The zero-order valence-corrected chi connectivity index (χ0v) is 13.3. The molecule has 2 atom stereocenters. The number of ether oxygens (including phenoxy) is 1. The second kappa shape index (κ2) is 4.78. The van der Waals surface area contributed by atoms with Gasteiger partial charge < -0.3 is 10.5 Å². The Labute approximate surface area is 123 Å². The van der Waals surface area contributed by atoms with Crippen LogP contribution in [0.5, 0.6) is 5.75 Å². The Morgan fingerprint density at radius 3 is 2.89 bits per heavy atom. The van der Waals surface area contributed by atoms with Crippen LogP contribution in [-0.2, 0) is 6.42 Å². The molecule has 2 N–H and O–H groups in total. The predicted octanol–water partition coefficient (Wildman–Crippen LogP) is 4.21. The number of hydrogen-bond acceptors (Lipinski definition) is 2. The SMILES string of the molecule is CC1(C)CCCC1C(N)c1cc(Br)cc2c1OCC2. The van der Waals surface area contributed by atoms with Crippen molar-refractivity contribution in [3.05, 3.63) is 27.7 Å². The monoisotopic (exact) mass is 323 g/mol. The molecule has 2 aliphatic rings. The van der Waals surface area contributed by atoms with Crippen LogP contribution < -0.4 is 10.5 Å². The minimum Gasteiger partial charge on any atom is -0.493 e. The van der Waals surface area contributed by atoms with Crippen LogP contribution in [0.25, 0.3) is 0 Å². The van der Waals surface area contributed by atoms with E-state index in [1.807, 2.05) is 0 Å². The van der Waals surface area contributed by atoms with Crippen LogP contribution in [0.15, 0.2) is 16.6 Å². The molecule has 1 aromatic carbocycles. The van der Waals surface area contributed by atoms with Crippen molar-refractivity contribution in [1.29, 1.82) is 0 Å². The second-order valence-corrected chi connectivity index (χ2v) is 7.51. The second-order valence-electron chi connectivity index (χ2n) is 6.59. The van der Waals surface area contributed by atoms with Crippen molar-refractivity contribution >= 4 is 15.9 Å². The standard InChI is InChI=1S/C16H22BrNO/c1-16(2)6-3-4-13(16)14(18)12-9-11(17)8-10-5-7-19-15(10)12/h8-9,13-14H,3-7,18H2,1-2H3. The highest BCUT2D eigenvalue weighted by atomic mass is 79.9. The third-order valence-electron chi connectivity index (χ3n) is 4.91. The minimum atomic E-state index is 0.0850. The van der Waals surface area contributed by atoms with Crippen LogP contribution in [0.3, 0.4) is 0 Å². The van der Waals surface area contributed by atoms with Crippen molar-refractivity contribution in [3.8, 4) is 5.75 Å². The first-order valence-electron chi connectivity index (χ1n) is 7.20. The van der Waals surface area contributed by atoms with E-state index in [2.05, 4.69) is 41.9 Å². The van der Waals surface area contributed by atoms with Gasteiger partial charge in [0.15, 0.2) is 0 Å². The van der Waals surface area contributed by atoms with Gasteiger partial charge in [0.2, 0.25) is 0 Å². The van der Waals surface area contributed by atoms with Gasteiger partial charge in [-0.2, -0.15) is 0 Å². The third-order valence-corrected chi connectivity index (χ3v) is 5.37. The van der Waals surface area contributed by atoms with E-state index >= 15 is 0 Å². The molecule has 2 nitrogen and oxygen atoms in total. The van der Waals surface area contributed by atoms with Gasteiger partial charge in [0, 0.05) is 22.5 Å². The number of halogens is 1. The minimum absolute atomic E-state index is 0.0850. The van der Waals surface area contributed by atoms with Crippen molar-refractivity contribution in [2.24, 2.45) is 17.1 Å². The quantitative estimate of drug-likeness (QED) is 0.884. The molecule has 1 aromatic rings. The van der Waals surface area contributed by atoms with Gasteiger partial charge in [-0.05, 0) is 41.9 Å². The molecule has 2 unspecified atom stereocenters. The summed E-state index contributed by atoms with van der Waals surface area (Å²) in [6.07, 6.45) is 4.81. The molecule has 0 spiro atoms. The van der Waals surface area contributed by atoms with Gasteiger partial charge in [-0.25, -0.2) is 0 Å². The summed E-state index contributed by atoms with van der Waals surface area (Å²) in [5.74, 6) is 1.61. The molecule has 1 heterocycles. The molecule has 0 radical (unpaired) electrons. The molecule has 19 heavy (non-hydrogen) atoms. The molecule has 3 rings (SSSR count). The average molecular weight is 324 g/mol. The fraction of sp³-hybridized carbons (Fsp3) is 0.625. The average Bonchev–Trinajstić information content (AvgIpc) is 2.92. The topological polar surface area (TPSA) is 35.2 Å². The molecule has 0 saturated heterocycles. The molecule has 1 saturated carbocycles. The summed E-state index contributed by atoms with van der Waals surface area (Å²) in [6, 6.07) is 4.41. The first-order valence-corrected chi connectivity index (χ1v) is 7.99. The number of benzene rings is 1. The Hall–Kier alpha value is -0.540. The molecule has 1 fully saturated rings. The lowest BCUT2D eigenvalue weighted by Gasteiger charge is -2.33. The Bertz CT molecular complexity index is 498. The van der Waals surface area contributed by atoms with E-state index in [-0.39, 0.29) is 6.04 Å². The van der Waals surface area contributed by atoms with Crippen molar-refractivity contribution in [2.75, 3.05) is 6.61 Å². The Kier molecular flexibility index (Phi) is 3.38. The molecule has 104 valence electrons. The van der Waals surface area contributed by atoms with E-state index in [1.54, 1.807) is 0 Å². The highest BCUT2D eigenvalue weighted by Crippen LogP contribution is 2.50. The zero-order chi connectivity index (χ0) is 13.6. The van der Waals surface area contributed by atoms with Gasteiger partial charge >= 0.3 is 0 Å². The normalized spacial score (nSPS) is 26.0. The highest BCUT2D eigenvalue weighted by Gasteiger charge is 2.40. The molecule has 1 aliphatic heterocycles. The van der Waals surface area contributed by atoms with Crippen LogP contribution in [0.4, 0.5) is 0 Å². The first kappa shape index (κ1) is 13.4. The van der Waals surface area contributed by atoms with Crippen LogP contribution in [0.2, 0.25) is 0 Å². The summed E-state index contributed by atoms with van der Waals surface area (Å²) < 4.78 is 6.96. The third kappa shape index (κ3) is 2.31. The fourth-order valence-electron chi connectivity index (χ4n) is 3.78. The summed E-state index contributed by atoms with van der Waals surface area (Å²) in [4.78, 5) is 0. The summed E-state index contributed by atoms with van der Waals surface area (Å²) in [7, 11) is 0. The van der Waals surface area contributed by atoms with E-state index in [9.17, 15) is 0 Å².